The number of rotatable bonds is 2. The van der Waals surface area contributed by atoms with Crippen molar-refractivity contribution in [2.45, 2.75) is 32.4 Å². The van der Waals surface area contributed by atoms with Crippen LogP contribution in [0, 0.1) is 0 Å². The van der Waals surface area contributed by atoms with Crippen molar-refractivity contribution in [1.29, 1.82) is 0 Å². The summed E-state index contributed by atoms with van der Waals surface area (Å²) in [6.07, 6.45) is 3.75. The first-order valence-electron chi connectivity index (χ1n) is 6.02. The summed E-state index contributed by atoms with van der Waals surface area (Å²) >= 11 is 3.41. The third-order valence-corrected chi connectivity index (χ3v) is 3.68. The van der Waals surface area contributed by atoms with Crippen LogP contribution in [0.2, 0.25) is 0 Å². The number of piperidine rings is 1. The van der Waals surface area contributed by atoms with Gasteiger partial charge in [-0.25, -0.2) is 0 Å². The first-order valence-corrected chi connectivity index (χ1v) is 6.81. The highest BCUT2D eigenvalue weighted by Gasteiger charge is 2.23. The Hall–Kier alpha value is -0.520. The van der Waals surface area contributed by atoms with Gasteiger partial charge in [-0.3, -0.25) is 4.79 Å². The Kier molecular flexibility index (Phi) is 5.69. The Balaban J connectivity index is 0.00000162. The van der Waals surface area contributed by atoms with E-state index in [4.69, 9.17) is 5.73 Å². The largest absolute Gasteiger partial charge is 0.343 e. The summed E-state index contributed by atoms with van der Waals surface area (Å²) < 4.78 is 2.93. The number of halogens is 2. The van der Waals surface area contributed by atoms with Crippen LogP contribution in [0.15, 0.2) is 16.7 Å². The first-order chi connectivity index (χ1) is 8.11. The molecule has 1 aromatic heterocycles. The molecule has 0 aliphatic carbocycles. The van der Waals surface area contributed by atoms with Crippen molar-refractivity contribution >= 4 is 34.2 Å². The van der Waals surface area contributed by atoms with Crippen molar-refractivity contribution < 1.29 is 4.79 Å². The van der Waals surface area contributed by atoms with Crippen molar-refractivity contribution in [1.82, 2.24) is 9.47 Å². The molecule has 4 nitrogen and oxygen atoms in total. The second-order valence-electron chi connectivity index (χ2n) is 4.46. The number of hydrogen-bond acceptors (Lipinski definition) is 2. The maximum Gasteiger partial charge on any atom is 0.270 e. The summed E-state index contributed by atoms with van der Waals surface area (Å²) in [6.45, 7) is 4.38. The van der Waals surface area contributed by atoms with E-state index in [0.717, 1.165) is 42.6 Å². The highest BCUT2D eigenvalue weighted by atomic mass is 79.9. The standard InChI is InChI=1S/C12H18BrN3O.ClH/c1-2-15-8-9(13)7-11(15)12(17)16-5-3-10(14)4-6-16;/h7-8,10H,2-6,14H2,1H3;1H. The van der Waals surface area contributed by atoms with E-state index in [0.29, 0.717) is 0 Å². The van der Waals surface area contributed by atoms with Gasteiger partial charge in [0.1, 0.15) is 5.69 Å². The number of aromatic nitrogens is 1. The smallest absolute Gasteiger partial charge is 0.270 e. The highest BCUT2D eigenvalue weighted by Crippen LogP contribution is 2.18. The Morgan fingerprint density at radius 3 is 2.67 bits per heavy atom. The van der Waals surface area contributed by atoms with Crippen molar-refractivity contribution in [3.8, 4) is 0 Å². The Morgan fingerprint density at radius 2 is 2.11 bits per heavy atom. The molecule has 2 heterocycles. The minimum atomic E-state index is 0. The van der Waals surface area contributed by atoms with E-state index >= 15 is 0 Å². The van der Waals surface area contributed by atoms with Gasteiger partial charge >= 0.3 is 0 Å². The molecule has 1 amide bonds. The monoisotopic (exact) mass is 335 g/mol. The van der Waals surface area contributed by atoms with Crippen LogP contribution >= 0.6 is 28.3 Å². The number of amides is 1. The van der Waals surface area contributed by atoms with Crippen molar-refractivity contribution in [3.05, 3.63) is 22.4 Å². The average molecular weight is 337 g/mol. The lowest BCUT2D eigenvalue weighted by Crippen LogP contribution is -2.43. The van der Waals surface area contributed by atoms with Crippen LogP contribution in [0.1, 0.15) is 30.3 Å². The van der Waals surface area contributed by atoms with Crippen LogP contribution in [-0.4, -0.2) is 34.5 Å². The fourth-order valence-corrected chi connectivity index (χ4v) is 2.64. The molecule has 1 aliphatic rings. The van der Waals surface area contributed by atoms with Crippen molar-refractivity contribution in [3.63, 3.8) is 0 Å². The molecule has 102 valence electrons. The summed E-state index contributed by atoms with van der Waals surface area (Å²) in [5.41, 5.74) is 6.60. The predicted molar refractivity (Wildman–Crippen MR) is 78.2 cm³/mol. The summed E-state index contributed by atoms with van der Waals surface area (Å²) in [7, 11) is 0. The van der Waals surface area contributed by atoms with E-state index in [9.17, 15) is 4.79 Å². The number of aryl methyl sites for hydroxylation is 1. The molecule has 0 atom stereocenters. The molecule has 0 spiro atoms. The third kappa shape index (κ3) is 3.28. The first kappa shape index (κ1) is 15.5. The van der Waals surface area contributed by atoms with Gasteiger partial charge in [-0.1, -0.05) is 0 Å². The molecule has 0 saturated carbocycles. The van der Waals surface area contributed by atoms with E-state index in [2.05, 4.69) is 15.9 Å². The van der Waals surface area contributed by atoms with Crippen LogP contribution in [0.25, 0.3) is 0 Å². The zero-order valence-electron chi connectivity index (χ0n) is 10.4. The highest BCUT2D eigenvalue weighted by molar-refractivity contribution is 9.10. The van der Waals surface area contributed by atoms with Gasteiger partial charge in [0.25, 0.3) is 5.91 Å². The van der Waals surface area contributed by atoms with Crippen LogP contribution in [-0.2, 0) is 6.54 Å². The summed E-state index contributed by atoms with van der Waals surface area (Å²) in [4.78, 5) is 14.2. The lowest BCUT2D eigenvalue weighted by Gasteiger charge is -2.30. The average Bonchev–Trinajstić information content (AvgIpc) is 2.70. The van der Waals surface area contributed by atoms with Gasteiger partial charge < -0.3 is 15.2 Å². The summed E-state index contributed by atoms with van der Waals surface area (Å²) in [6, 6.07) is 2.14. The van der Waals surface area contributed by atoms with Crippen molar-refractivity contribution in [2.75, 3.05) is 13.1 Å². The second-order valence-corrected chi connectivity index (χ2v) is 5.37. The molecule has 2 N–H and O–H groups in total. The molecule has 2 rings (SSSR count). The molecule has 1 aliphatic heterocycles. The van der Waals surface area contributed by atoms with E-state index in [1.54, 1.807) is 0 Å². The Bertz CT molecular complexity index is 413. The number of nitrogens with zero attached hydrogens (tertiary/aromatic N) is 2. The van der Waals surface area contributed by atoms with Crippen molar-refractivity contribution in [2.24, 2.45) is 5.73 Å². The maximum absolute atomic E-state index is 12.3. The SMILES string of the molecule is CCn1cc(Br)cc1C(=O)N1CCC(N)CC1.Cl. The topological polar surface area (TPSA) is 51.3 Å². The Labute approximate surface area is 122 Å². The summed E-state index contributed by atoms with van der Waals surface area (Å²) in [5, 5.41) is 0. The molecular weight excluding hydrogens is 318 g/mol. The Morgan fingerprint density at radius 1 is 1.50 bits per heavy atom. The van der Waals surface area contributed by atoms with E-state index in [-0.39, 0.29) is 24.4 Å². The fourth-order valence-electron chi connectivity index (χ4n) is 2.18. The fraction of sp³-hybridized carbons (Fsp3) is 0.583. The number of likely N-dealkylation sites (tertiary alicyclic amines) is 1. The van der Waals surface area contributed by atoms with Crippen LogP contribution in [0.4, 0.5) is 0 Å². The molecule has 18 heavy (non-hydrogen) atoms. The molecule has 1 saturated heterocycles. The predicted octanol–water partition coefficient (Wildman–Crippen LogP) is 2.26. The van der Waals surface area contributed by atoms with Crippen LogP contribution in [0.5, 0.6) is 0 Å². The molecule has 0 unspecified atom stereocenters. The van der Waals surface area contributed by atoms with Gasteiger partial charge in [-0.05, 0) is 41.8 Å². The zero-order chi connectivity index (χ0) is 12.4. The molecule has 0 radical (unpaired) electrons. The van der Waals surface area contributed by atoms with Gasteiger partial charge in [0, 0.05) is 36.3 Å². The number of nitrogens with two attached hydrogens (primary N) is 1. The second kappa shape index (κ2) is 6.59. The molecule has 0 aromatic carbocycles. The minimum Gasteiger partial charge on any atom is -0.343 e. The van der Waals surface area contributed by atoms with E-state index in [1.165, 1.54) is 0 Å². The summed E-state index contributed by atoms with van der Waals surface area (Å²) in [5.74, 6) is 0.115. The minimum absolute atomic E-state index is 0. The molecule has 6 heteroatoms. The molecule has 1 aromatic rings. The van der Waals surface area contributed by atoms with Gasteiger partial charge in [0.15, 0.2) is 0 Å². The lowest BCUT2D eigenvalue weighted by molar-refractivity contribution is 0.0704. The number of hydrogen-bond donors (Lipinski definition) is 1. The van der Waals surface area contributed by atoms with Gasteiger partial charge in [0.2, 0.25) is 0 Å². The van der Waals surface area contributed by atoms with Gasteiger partial charge in [-0.2, -0.15) is 0 Å². The van der Waals surface area contributed by atoms with E-state index < -0.39 is 0 Å². The molecule has 1 fully saturated rings. The number of carbonyl (C=O) groups is 1. The van der Waals surface area contributed by atoms with Gasteiger partial charge in [-0.15, -0.1) is 12.4 Å². The van der Waals surface area contributed by atoms with E-state index in [1.807, 2.05) is 28.7 Å². The molecule has 0 bridgehead atoms. The number of carbonyl (C=O) groups excluding carboxylic acids is 1. The lowest BCUT2D eigenvalue weighted by atomic mass is 10.1. The third-order valence-electron chi connectivity index (χ3n) is 3.25. The van der Waals surface area contributed by atoms with Crippen LogP contribution in [0.3, 0.4) is 0 Å². The maximum atomic E-state index is 12.3. The van der Waals surface area contributed by atoms with Crippen LogP contribution < -0.4 is 5.73 Å². The molecular formula is C12H19BrClN3O. The normalized spacial score (nSPS) is 16.5. The van der Waals surface area contributed by atoms with Gasteiger partial charge in [0.05, 0.1) is 0 Å². The zero-order valence-corrected chi connectivity index (χ0v) is 12.8. The quantitative estimate of drug-likeness (QED) is 0.900.